The molecule has 2 unspecified atom stereocenters. The molecular weight excluding hydrogens is 172 g/mol. The lowest BCUT2D eigenvalue weighted by molar-refractivity contribution is 0.628. The summed E-state index contributed by atoms with van der Waals surface area (Å²) < 4.78 is 0. The van der Waals surface area contributed by atoms with Gasteiger partial charge in [-0.05, 0) is 19.3 Å². The number of hydrogen-bond donors (Lipinski definition) is 0. The first-order chi connectivity index (χ1) is 5.45. The third-order valence-electron chi connectivity index (χ3n) is 2.66. The highest BCUT2D eigenvalue weighted by Crippen LogP contribution is 2.47. The Morgan fingerprint density at radius 2 is 1.27 bits per heavy atom. The van der Waals surface area contributed by atoms with Crippen molar-refractivity contribution in [1.82, 2.24) is 0 Å². The van der Waals surface area contributed by atoms with Gasteiger partial charge in [0.25, 0.3) is 0 Å². The molecule has 1 aliphatic carbocycles. The Hall–Kier alpha value is 0.700. The van der Waals surface area contributed by atoms with Crippen molar-refractivity contribution in [3.05, 3.63) is 0 Å². The van der Waals surface area contributed by atoms with E-state index in [1.165, 1.54) is 44.9 Å². The third-order valence-corrected chi connectivity index (χ3v) is 6.13. The zero-order valence-corrected chi connectivity index (χ0v) is 8.55. The molecule has 1 saturated heterocycles. The van der Waals surface area contributed by atoms with Crippen molar-refractivity contribution in [2.45, 2.75) is 55.4 Å². The predicted molar refractivity (Wildman–Crippen MR) is 55.1 cm³/mol. The number of fused-ring (bicyclic) bond motifs is 2. The summed E-state index contributed by atoms with van der Waals surface area (Å²) in [6, 6.07) is 0. The molecule has 0 spiro atoms. The van der Waals surface area contributed by atoms with Crippen LogP contribution in [0.2, 0.25) is 0 Å². The van der Waals surface area contributed by atoms with E-state index in [-0.39, 0.29) is 0 Å². The smallest absolute Gasteiger partial charge is 0.0162 e. The molecule has 2 bridgehead atoms. The van der Waals surface area contributed by atoms with Crippen molar-refractivity contribution in [3.63, 3.8) is 0 Å². The van der Waals surface area contributed by atoms with Crippen LogP contribution in [0.15, 0.2) is 0 Å². The van der Waals surface area contributed by atoms with Crippen LogP contribution in [0.1, 0.15) is 44.9 Å². The second-order valence-electron chi connectivity index (χ2n) is 3.66. The van der Waals surface area contributed by atoms with Gasteiger partial charge in [-0.3, -0.25) is 0 Å². The molecule has 0 N–H and O–H groups in total. The number of rotatable bonds is 0. The maximum atomic E-state index is 2.17. The van der Waals surface area contributed by atoms with Crippen molar-refractivity contribution in [2.24, 2.45) is 0 Å². The Morgan fingerprint density at radius 1 is 0.727 bits per heavy atom. The summed E-state index contributed by atoms with van der Waals surface area (Å²) in [5.41, 5.74) is 0. The summed E-state index contributed by atoms with van der Waals surface area (Å²) in [7, 11) is 4.33. The molecule has 2 atom stereocenters. The van der Waals surface area contributed by atoms with Gasteiger partial charge in [0.15, 0.2) is 0 Å². The highest BCUT2D eigenvalue weighted by atomic mass is 33.1. The van der Waals surface area contributed by atoms with Crippen LogP contribution in [0, 0.1) is 0 Å². The molecule has 1 saturated carbocycles. The van der Waals surface area contributed by atoms with Gasteiger partial charge in [-0.15, -0.1) is 0 Å². The van der Waals surface area contributed by atoms with Gasteiger partial charge in [-0.2, -0.15) is 0 Å². The van der Waals surface area contributed by atoms with Crippen LogP contribution >= 0.6 is 21.6 Å². The van der Waals surface area contributed by atoms with E-state index >= 15 is 0 Å². The molecule has 0 amide bonds. The molecule has 0 radical (unpaired) electrons. The van der Waals surface area contributed by atoms with E-state index in [4.69, 9.17) is 0 Å². The molecule has 0 aromatic carbocycles. The van der Waals surface area contributed by atoms with Gasteiger partial charge in [0.1, 0.15) is 0 Å². The SMILES string of the molecule is C1CCCC2CC(CC1)SS2. The highest BCUT2D eigenvalue weighted by molar-refractivity contribution is 8.77. The first kappa shape index (κ1) is 8.31. The van der Waals surface area contributed by atoms with E-state index in [1.807, 2.05) is 0 Å². The summed E-state index contributed by atoms with van der Waals surface area (Å²) in [6.07, 6.45) is 10.5. The summed E-state index contributed by atoms with van der Waals surface area (Å²) in [5, 5.41) is 2.03. The number of hydrogen-bond acceptors (Lipinski definition) is 2. The van der Waals surface area contributed by atoms with Gasteiger partial charge in [0.2, 0.25) is 0 Å². The van der Waals surface area contributed by atoms with E-state index in [9.17, 15) is 0 Å². The average molecular weight is 188 g/mol. The molecule has 1 heterocycles. The maximum absolute atomic E-state index is 2.17. The topological polar surface area (TPSA) is 0 Å². The van der Waals surface area contributed by atoms with Crippen molar-refractivity contribution in [1.29, 1.82) is 0 Å². The zero-order valence-electron chi connectivity index (χ0n) is 6.92. The Labute approximate surface area is 77.3 Å². The quantitative estimate of drug-likeness (QED) is 0.529. The Bertz CT molecular complexity index is 111. The minimum Gasteiger partial charge on any atom is -0.0904 e. The second-order valence-corrected chi connectivity index (χ2v) is 6.54. The first-order valence-electron chi connectivity index (χ1n) is 4.77. The normalized spacial score (nSPS) is 39.3. The molecule has 11 heavy (non-hydrogen) atoms. The Morgan fingerprint density at radius 3 is 1.82 bits per heavy atom. The van der Waals surface area contributed by atoms with Crippen molar-refractivity contribution < 1.29 is 0 Å². The van der Waals surface area contributed by atoms with Crippen molar-refractivity contribution in [3.8, 4) is 0 Å². The molecule has 2 aliphatic rings. The first-order valence-corrected chi connectivity index (χ1v) is 7.05. The van der Waals surface area contributed by atoms with Crippen molar-refractivity contribution in [2.75, 3.05) is 0 Å². The average Bonchev–Trinajstić information content (AvgIpc) is 2.49. The van der Waals surface area contributed by atoms with E-state index < -0.39 is 0 Å². The molecule has 0 nitrogen and oxygen atoms in total. The van der Waals surface area contributed by atoms with Gasteiger partial charge < -0.3 is 0 Å². The molecule has 0 aromatic heterocycles. The maximum Gasteiger partial charge on any atom is 0.0162 e. The van der Waals surface area contributed by atoms with Crippen molar-refractivity contribution >= 4 is 21.6 Å². The molecule has 0 aromatic rings. The lowest BCUT2D eigenvalue weighted by atomic mass is 10.1. The predicted octanol–water partition coefficient (Wildman–Crippen LogP) is 3.86. The van der Waals surface area contributed by atoms with Gasteiger partial charge in [-0.1, -0.05) is 47.3 Å². The van der Waals surface area contributed by atoms with E-state index in [0.29, 0.717) is 0 Å². The summed E-state index contributed by atoms with van der Waals surface area (Å²) in [6.45, 7) is 0. The van der Waals surface area contributed by atoms with Gasteiger partial charge in [0, 0.05) is 10.5 Å². The molecule has 2 fully saturated rings. The zero-order chi connectivity index (χ0) is 7.52. The van der Waals surface area contributed by atoms with E-state index in [0.717, 1.165) is 10.5 Å². The molecular formula is C9H16S2. The molecule has 2 rings (SSSR count). The third kappa shape index (κ3) is 2.32. The van der Waals surface area contributed by atoms with Crippen LogP contribution in [0.5, 0.6) is 0 Å². The Balaban J connectivity index is 1.88. The lowest BCUT2D eigenvalue weighted by Crippen LogP contribution is -2.02. The summed E-state index contributed by atoms with van der Waals surface area (Å²) in [4.78, 5) is 0. The molecule has 1 aliphatic heterocycles. The van der Waals surface area contributed by atoms with Crippen LogP contribution in [0.3, 0.4) is 0 Å². The van der Waals surface area contributed by atoms with Crippen LogP contribution in [-0.2, 0) is 0 Å². The van der Waals surface area contributed by atoms with E-state index in [1.54, 1.807) is 0 Å². The van der Waals surface area contributed by atoms with Crippen LogP contribution < -0.4 is 0 Å². The minimum atomic E-state index is 1.02. The lowest BCUT2D eigenvalue weighted by Gasteiger charge is -2.04. The van der Waals surface area contributed by atoms with E-state index in [2.05, 4.69) is 21.6 Å². The molecule has 2 heteroatoms. The standard InChI is InChI=1S/C9H16S2/c1-2-4-6-9-7-8(5-3-1)10-11-9/h8-9H,1-7H2. The summed E-state index contributed by atoms with van der Waals surface area (Å²) in [5.74, 6) is 0. The fourth-order valence-electron chi connectivity index (χ4n) is 1.96. The van der Waals surface area contributed by atoms with Gasteiger partial charge >= 0.3 is 0 Å². The van der Waals surface area contributed by atoms with Crippen LogP contribution in [-0.4, -0.2) is 10.5 Å². The van der Waals surface area contributed by atoms with Crippen LogP contribution in [0.25, 0.3) is 0 Å². The minimum absolute atomic E-state index is 1.02. The fourth-order valence-corrected chi connectivity index (χ4v) is 5.53. The fraction of sp³-hybridized carbons (Fsp3) is 1.00. The van der Waals surface area contributed by atoms with Crippen LogP contribution in [0.4, 0.5) is 0 Å². The molecule has 64 valence electrons. The largest absolute Gasteiger partial charge is 0.0904 e. The Kier molecular flexibility index (Phi) is 3.08. The monoisotopic (exact) mass is 188 g/mol. The highest BCUT2D eigenvalue weighted by Gasteiger charge is 2.26. The summed E-state index contributed by atoms with van der Waals surface area (Å²) >= 11 is 0. The second kappa shape index (κ2) is 4.08. The van der Waals surface area contributed by atoms with Gasteiger partial charge in [-0.25, -0.2) is 0 Å². The van der Waals surface area contributed by atoms with Gasteiger partial charge in [0.05, 0.1) is 0 Å².